The number of hydrogen-bond donors (Lipinski definition) is 0. The van der Waals surface area contributed by atoms with Crippen LogP contribution in [0.15, 0.2) is 0 Å². The molecule has 4 aliphatic carbocycles. The van der Waals surface area contributed by atoms with E-state index >= 15 is 0 Å². The van der Waals surface area contributed by atoms with Crippen LogP contribution in [0.3, 0.4) is 0 Å². The largest absolute Gasteiger partial charge is 0.120 e. The second-order valence-electron chi connectivity index (χ2n) is 9.33. The third-order valence-electron chi connectivity index (χ3n) is 8.63. The van der Waals surface area contributed by atoms with Gasteiger partial charge in [-0.15, -0.1) is 12.3 Å². The van der Waals surface area contributed by atoms with Crippen molar-refractivity contribution in [2.75, 3.05) is 0 Å². The van der Waals surface area contributed by atoms with Gasteiger partial charge in [0.15, 0.2) is 0 Å². The number of fused-ring (bicyclic) bond motifs is 5. The van der Waals surface area contributed by atoms with Crippen molar-refractivity contribution in [3.05, 3.63) is 0 Å². The van der Waals surface area contributed by atoms with E-state index in [1.807, 2.05) is 0 Å². The molecule has 0 spiro atoms. The van der Waals surface area contributed by atoms with Crippen LogP contribution in [0.5, 0.6) is 0 Å². The molecule has 0 aromatic heterocycles. The van der Waals surface area contributed by atoms with E-state index < -0.39 is 0 Å². The quantitative estimate of drug-likeness (QED) is 0.503. The molecule has 0 aromatic rings. The Morgan fingerprint density at radius 3 is 2.52 bits per heavy atom. The summed E-state index contributed by atoms with van der Waals surface area (Å²) in [7, 11) is 0. The Bertz CT molecular complexity index is 457. The Hall–Kier alpha value is -0.440. The molecule has 0 amide bonds. The van der Waals surface area contributed by atoms with Crippen LogP contribution in [0.2, 0.25) is 0 Å². The molecule has 4 rings (SSSR count). The minimum Gasteiger partial charge on any atom is -0.120 e. The normalized spacial score (nSPS) is 56.0. The fourth-order valence-electron chi connectivity index (χ4n) is 7.55. The molecule has 0 nitrogen and oxygen atoms in total. The molecule has 116 valence electrons. The van der Waals surface area contributed by atoms with Crippen molar-refractivity contribution in [2.45, 2.75) is 78.1 Å². The molecule has 0 heterocycles. The predicted octanol–water partition coefficient (Wildman–Crippen LogP) is 5.67. The van der Waals surface area contributed by atoms with Gasteiger partial charge >= 0.3 is 0 Å². The molecule has 4 aliphatic rings. The summed E-state index contributed by atoms with van der Waals surface area (Å²) >= 11 is 0. The highest BCUT2D eigenvalue weighted by atomic mass is 14.6. The van der Waals surface area contributed by atoms with Gasteiger partial charge < -0.3 is 0 Å². The van der Waals surface area contributed by atoms with Crippen LogP contribution in [0.1, 0.15) is 78.1 Å². The molecule has 4 saturated carbocycles. The van der Waals surface area contributed by atoms with E-state index in [9.17, 15) is 0 Å². The summed E-state index contributed by atoms with van der Waals surface area (Å²) in [5.74, 6) is 7.61. The standard InChI is InChI=1S/C21H32/c1-4-15-10-13-20(2)14-11-18-17(19(15)20)9-8-16-7-5-6-12-21(16,18)3/h1,15-19H,5-14H2,2-3H3/t15?,16-,17-,18+,19+,20+,21+/m1/s1. The summed E-state index contributed by atoms with van der Waals surface area (Å²) < 4.78 is 0. The maximum Gasteiger partial charge on any atom is 0.0236 e. The third kappa shape index (κ3) is 1.89. The van der Waals surface area contributed by atoms with Crippen molar-refractivity contribution >= 4 is 0 Å². The smallest absolute Gasteiger partial charge is 0.0236 e. The number of rotatable bonds is 0. The van der Waals surface area contributed by atoms with Crippen LogP contribution >= 0.6 is 0 Å². The number of terminal acetylenes is 1. The van der Waals surface area contributed by atoms with Crippen LogP contribution in [0, 0.1) is 52.8 Å². The van der Waals surface area contributed by atoms with Crippen molar-refractivity contribution in [1.82, 2.24) is 0 Å². The monoisotopic (exact) mass is 284 g/mol. The lowest BCUT2D eigenvalue weighted by Gasteiger charge is -2.60. The lowest BCUT2D eigenvalue weighted by atomic mass is 9.45. The first-order chi connectivity index (χ1) is 10.1. The van der Waals surface area contributed by atoms with Gasteiger partial charge in [-0.3, -0.25) is 0 Å². The summed E-state index contributed by atoms with van der Waals surface area (Å²) in [6, 6.07) is 0. The molecule has 0 heteroatoms. The Morgan fingerprint density at radius 1 is 0.905 bits per heavy atom. The van der Waals surface area contributed by atoms with Gasteiger partial charge in [0.05, 0.1) is 0 Å². The van der Waals surface area contributed by atoms with Crippen LogP contribution in [0.25, 0.3) is 0 Å². The first-order valence-electron chi connectivity index (χ1n) is 9.55. The van der Waals surface area contributed by atoms with Gasteiger partial charge in [0.1, 0.15) is 0 Å². The van der Waals surface area contributed by atoms with E-state index in [1.54, 1.807) is 0 Å². The highest BCUT2D eigenvalue weighted by Gasteiger charge is 2.59. The van der Waals surface area contributed by atoms with Crippen molar-refractivity contribution in [3.8, 4) is 12.3 Å². The summed E-state index contributed by atoms with van der Waals surface area (Å²) in [5.41, 5.74) is 1.24. The first-order valence-corrected chi connectivity index (χ1v) is 9.55. The maximum atomic E-state index is 5.94. The van der Waals surface area contributed by atoms with E-state index in [1.165, 1.54) is 64.2 Å². The summed E-state index contributed by atoms with van der Waals surface area (Å²) in [4.78, 5) is 0. The van der Waals surface area contributed by atoms with Crippen molar-refractivity contribution < 1.29 is 0 Å². The SMILES string of the molecule is C#CC1CC[C@@]2(C)CC[C@H]3[C@@H](CC[C@H]4CCCC[C@@]43C)[C@H]12. The van der Waals surface area contributed by atoms with Crippen molar-refractivity contribution in [2.24, 2.45) is 40.4 Å². The highest BCUT2D eigenvalue weighted by molar-refractivity contribution is 5.13. The van der Waals surface area contributed by atoms with E-state index in [0.29, 0.717) is 16.7 Å². The van der Waals surface area contributed by atoms with Gasteiger partial charge in [-0.2, -0.15) is 0 Å². The van der Waals surface area contributed by atoms with Gasteiger partial charge in [-0.25, -0.2) is 0 Å². The van der Waals surface area contributed by atoms with Crippen LogP contribution in [-0.2, 0) is 0 Å². The molecule has 0 aromatic carbocycles. The zero-order valence-corrected chi connectivity index (χ0v) is 14.0. The van der Waals surface area contributed by atoms with E-state index in [4.69, 9.17) is 6.42 Å². The van der Waals surface area contributed by atoms with Crippen molar-refractivity contribution in [1.29, 1.82) is 0 Å². The molecule has 7 atom stereocenters. The molecule has 21 heavy (non-hydrogen) atoms. The molecule has 0 N–H and O–H groups in total. The summed E-state index contributed by atoms with van der Waals surface area (Å²) in [6.45, 7) is 5.23. The average Bonchev–Trinajstić information content (AvgIpc) is 2.83. The van der Waals surface area contributed by atoms with Crippen LogP contribution in [0.4, 0.5) is 0 Å². The molecular formula is C21H32. The molecular weight excluding hydrogens is 252 g/mol. The van der Waals surface area contributed by atoms with Crippen LogP contribution in [-0.4, -0.2) is 0 Å². The zero-order valence-electron chi connectivity index (χ0n) is 14.0. The Balaban J connectivity index is 1.68. The topological polar surface area (TPSA) is 0 Å². The van der Waals surface area contributed by atoms with Gasteiger partial charge in [0, 0.05) is 5.92 Å². The van der Waals surface area contributed by atoms with Gasteiger partial charge in [0.2, 0.25) is 0 Å². The summed E-state index contributed by atoms with van der Waals surface area (Å²) in [5, 5.41) is 0. The maximum absolute atomic E-state index is 5.94. The second kappa shape index (κ2) is 4.78. The lowest BCUT2D eigenvalue weighted by Crippen LogP contribution is -2.52. The molecule has 0 aliphatic heterocycles. The van der Waals surface area contributed by atoms with Gasteiger partial charge in [-0.05, 0) is 85.9 Å². The van der Waals surface area contributed by atoms with E-state index in [2.05, 4.69) is 19.8 Å². The van der Waals surface area contributed by atoms with E-state index in [0.717, 1.165) is 23.7 Å². The minimum atomic E-state index is 0.579. The van der Waals surface area contributed by atoms with Gasteiger partial charge in [0.25, 0.3) is 0 Å². The highest BCUT2D eigenvalue weighted by Crippen LogP contribution is 2.67. The third-order valence-corrected chi connectivity index (χ3v) is 8.63. The minimum absolute atomic E-state index is 0.579. The molecule has 4 fully saturated rings. The second-order valence-corrected chi connectivity index (χ2v) is 9.33. The summed E-state index contributed by atoms with van der Waals surface area (Å²) in [6.07, 6.45) is 20.6. The van der Waals surface area contributed by atoms with Gasteiger partial charge in [-0.1, -0.05) is 26.7 Å². The Morgan fingerprint density at radius 2 is 1.71 bits per heavy atom. The zero-order chi connectivity index (χ0) is 14.7. The molecule has 0 radical (unpaired) electrons. The Kier molecular flexibility index (Phi) is 3.22. The number of hydrogen-bond acceptors (Lipinski definition) is 0. The lowest BCUT2D eigenvalue weighted by molar-refractivity contribution is -0.108. The molecule has 0 saturated heterocycles. The molecule has 0 bridgehead atoms. The fourth-order valence-corrected chi connectivity index (χ4v) is 7.55. The average molecular weight is 284 g/mol. The van der Waals surface area contributed by atoms with Crippen molar-refractivity contribution in [3.63, 3.8) is 0 Å². The van der Waals surface area contributed by atoms with E-state index in [-0.39, 0.29) is 0 Å². The first kappa shape index (κ1) is 14.2. The predicted molar refractivity (Wildman–Crippen MR) is 88.7 cm³/mol. The molecule has 1 unspecified atom stereocenters. The fraction of sp³-hybridized carbons (Fsp3) is 0.905. The Labute approximate surface area is 131 Å². The van der Waals surface area contributed by atoms with Crippen LogP contribution < -0.4 is 0 Å².